The predicted molar refractivity (Wildman–Crippen MR) is 163 cm³/mol. The van der Waals surface area contributed by atoms with Gasteiger partial charge in [-0.1, -0.05) is 65.7 Å². The van der Waals surface area contributed by atoms with Crippen molar-refractivity contribution in [3.63, 3.8) is 0 Å². The van der Waals surface area contributed by atoms with Crippen LogP contribution in [0.15, 0.2) is 89.8 Å². The van der Waals surface area contributed by atoms with Crippen molar-refractivity contribution in [1.82, 2.24) is 5.32 Å². The molecule has 0 unspecified atom stereocenters. The Labute approximate surface area is 253 Å². The SMILES string of the molecule is O=C1C[C@@H](c2cccc(Cl)c2)[C@]2(C(=O)Nc3cc(Cl)ccc32)[C@@H](c2cc(-c3ccccc3S)ccc2OCCO)N1. The summed E-state index contributed by atoms with van der Waals surface area (Å²) in [6, 6.07) is 25.1. The van der Waals surface area contributed by atoms with Crippen molar-refractivity contribution in [2.45, 2.75) is 28.7 Å². The fraction of sp³-hybridized carbons (Fsp3) is 0.188. The molecule has 1 spiro atoms. The molecule has 3 N–H and O–H groups in total. The van der Waals surface area contributed by atoms with E-state index in [0.29, 0.717) is 27.0 Å². The summed E-state index contributed by atoms with van der Waals surface area (Å²) in [5.74, 6) is -0.591. The summed E-state index contributed by atoms with van der Waals surface area (Å²) < 4.78 is 6.01. The lowest BCUT2D eigenvalue weighted by Crippen LogP contribution is -2.56. The summed E-state index contributed by atoms with van der Waals surface area (Å²) >= 11 is 17.4. The normalized spacial score (nSPS) is 21.4. The number of piperidine rings is 1. The zero-order chi connectivity index (χ0) is 28.7. The number of thiol groups is 1. The zero-order valence-electron chi connectivity index (χ0n) is 21.7. The Morgan fingerprint density at radius 1 is 0.951 bits per heavy atom. The van der Waals surface area contributed by atoms with Crippen LogP contribution in [-0.2, 0) is 15.0 Å². The third-order valence-corrected chi connectivity index (χ3v) is 8.75. The molecule has 4 aromatic carbocycles. The maximum absolute atomic E-state index is 14.4. The van der Waals surface area contributed by atoms with E-state index in [0.717, 1.165) is 27.1 Å². The topological polar surface area (TPSA) is 87.7 Å². The summed E-state index contributed by atoms with van der Waals surface area (Å²) in [6.07, 6.45) is 0.0678. The van der Waals surface area contributed by atoms with Crippen LogP contribution in [0.4, 0.5) is 5.69 Å². The van der Waals surface area contributed by atoms with Gasteiger partial charge in [-0.05, 0) is 64.7 Å². The maximum atomic E-state index is 14.4. The number of halogens is 2. The number of hydrogen-bond donors (Lipinski definition) is 4. The van der Waals surface area contributed by atoms with Gasteiger partial charge in [0.25, 0.3) is 0 Å². The predicted octanol–water partition coefficient (Wildman–Crippen LogP) is 6.56. The first-order valence-electron chi connectivity index (χ1n) is 13.1. The Morgan fingerprint density at radius 3 is 2.54 bits per heavy atom. The lowest BCUT2D eigenvalue weighted by Gasteiger charge is -2.46. The Kier molecular flexibility index (Phi) is 7.47. The Bertz CT molecular complexity index is 1680. The van der Waals surface area contributed by atoms with E-state index in [-0.39, 0.29) is 31.4 Å². The molecule has 0 aromatic heterocycles. The first-order chi connectivity index (χ1) is 19.8. The monoisotopic (exact) mass is 604 g/mol. The molecule has 41 heavy (non-hydrogen) atoms. The molecular weight excluding hydrogens is 579 g/mol. The van der Waals surface area contributed by atoms with Crippen LogP contribution in [0.2, 0.25) is 10.0 Å². The van der Waals surface area contributed by atoms with Crippen molar-refractivity contribution in [1.29, 1.82) is 0 Å². The van der Waals surface area contributed by atoms with Gasteiger partial charge in [-0.2, -0.15) is 0 Å². The average molecular weight is 606 g/mol. The van der Waals surface area contributed by atoms with Gasteiger partial charge in [0.1, 0.15) is 17.8 Å². The van der Waals surface area contributed by atoms with E-state index in [1.54, 1.807) is 24.3 Å². The van der Waals surface area contributed by atoms with Gasteiger partial charge in [-0.25, -0.2) is 0 Å². The molecule has 2 aliphatic heterocycles. The van der Waals surface area contributed by atoms with Gasteiger partial charge >= 0.3 is 0 Å². The Balaban J connectivity index is 1.64. The van der Waals surface area contributed by atoms with Gasteiger partial charge < -0.3 is 20.5 Å². The van der Waals surface area contributed by atoms with E-state index < -0.39 is 17.4 Å². The highest BCUT2D eigenvalue weighted by Gasteiger charge is 2.61. The molecule has 6 nitrogen and oxygen atoms in total. The number of fused-ring (bicyclic) bond motifs is 2. The van der Waals surface area contributed by atoms with Gasteiger partial charge in [0, 0.05) is 38.5 Å². The van der Waals surface area contributed by atoms with Crippen LogP contribution < -0.4 is 15.4 Å². The number of anilines is 1. The highest BCUT2D eigenvalue weighted by Crippen LogP contribution is 2.58. The second-order valence-corrected chi connectivity index (χ2v) is 11.5. The number of rotatable bonds is 6. The molecular formula is C32H26Cl2N2O4S. The smallest absolute Gasteiger partial charge is 0.238 e. The molecule has 208 valence electrons. The molecule has 9 heteroatoms. The van der Waals surface area contributed by atoms with Gasteiger partial charge in [0.2, 0.25) is 11.8 Å². The number of ether oxygens (including phenoxy) is 1. The standard InChI is InChI=1S/C32H26Cl2N2O4S/c33-20-5-3-4-19(14-20)25-17-29(38)36-30(32(25)24-10-9-21(34)16-26(24)35-31(32)39)23-15-18(8-11-27(23)40-13-12-37)22-6-1-2-7-28(22)41/h1-11,14-16,25,30,37,41H,12-13,17H2,(H,35,39)(H,36,38)/t25-,30+,32-/m0/s1. The third-order valence-electron chi connectivity index (χ3n) is 7.89. The second-order valence-electron chi connectivity index (χ2n) is 10.2. The van der Waals surface area contributed by atoms with Crippen LogP contribution in [0.5, 0.6) is 5.75 Å². The molecule has 6 rings (SSSR count). The number of benzene rings is 4. The first-order valence-corrected chi connectivity index (χ1v) is 14.4. The molecule has 0 bridgehead atoms. The minimum atomic E-state index is -1.27. The molecule has 4 aromatic rings. The fourth-order valence-corrected chi connectivity index (χ4v) is 6.88. The Morgan fingerprint density at radius 2 is 1.76 bits per heavy atom. The maximum Gasteiger partial charge on any atom is 0.238 e. The van der Waals surface area contributed by atoms with Crippen LogP contribution in [-0.4, -0.2) is 30.1 Å². The summed E-state index contributed by atoms with van der Waals surface area (Å²) in [5.41, 5.74) is 3.13. The highest BCUT2D eigenvalue weighted by atomic mass is 35.5. The number of aliphatic hydroxyl groups excluding tert-OH is 1. The minimum absolute atomic E-state index is 0.0410. The van der Waals surface area contributed by atoms with Gasteiger partial charge in [0.15, 0.2) is 0 Å². The van der Waals surface area contributed by atoms with E-state index in [1.165, 1.54) is 0 Å². The zero-order valence-corrected chi connectivity index (χ0v) is 24.1. The molecule has 2 amide bonds. The van der Waals surface area contributed by atoms with Crippen molar-refractivity contribution in [2.24, 2.45) is 0 Å². The molecule has 0 aliphatic carbocycles. The lowest BCUT2D eigenvalue weighted by atomic mass is 9.59. The van der Waals surface area contributed by atoms with Crippen LogP contribution in [0.3, 0.4) is 0 Å². The number of aliphatic hydroxyl groups is 1. The van der Waals surface area contributed by atoms with E-state index in [2.05, 4.69) is 23.3 Å². The van der Waals surface area contributed by atoms with E-state index in [1.807, 2.05) is 60.7 Å². The fourth-order valence-electron chi connectivity index (χ4n) is 6.22. The van der Waals surface area contributed by atoms with E-state index >= 15 is 0 Å². The summed E-state index contributed by atoms with van der Waals surface area (Å²) in [7, 11) is 0. The molecule has 0 radical (unpaired) electrons. The summed E-state index contributed by atoms with van der Waals surface area (Å²) in [6.45, 7) is -0.158. The van der Waals surface area contributed by atoms with Gasteiger partial charge in [0.05, 0.1) is 12.6 Å². The number of carbonyl (C=O) groups excluding carboxylic acids is 2. The van der Waals surface area contributed by atoms with Crippen LogP contribution in [0.1, 0.15) is 35.1 Å². The van der Waals surface area contributed by atoms with Crippen molar-refractivity contribution in [2.75, 3.05) is 18.5 Å². The number of carbonyl (C=O) groups is 2. The van der Waals surface area contributed by atoms with E-state index in [9.17, 15) is 14.7 Å². The van der Waals surface area contributed by atoms with Gasteiger partial charge in [-0.15, -0.1) is 12.6 Å². The van der Waals surface area contributed by atoms with Crippen molar-refractivity contribution in [3.05, 3.63) is 112 Å². The van der Waals surface area contributed by atoms with Gasteiger partial charge in [-0.3, -0.25) is 9.59 Å². The average Bonchev–Trinajstić information content (AvgIpc) is 3.24. The largest absolute Gasteiger partial charge is 0.491 e. The number of hydrogen-bond acceptors (Lipinski definition) is 5. The summed E-state index contributed by atoms with van der Waals surface area (Å²) in [5, 5.41) is 16.8. The molecule has 2 aliphatic rings. The van der Waals surface area contributed by atoms with Crippen molar-refractivity contribution in [3.8, 4) is 16.9 Å². The second kappa shape index (κ2) is 11.1. The quantitative estimate of drug-likeness (QED) is 0.188. The molecule has 2 heterocycles. The van der Waals surface area contributed by atoms with Crippen molar-refractivity contribution >= 4 is 53.3 Å². The molecule has 1 fully saturated rings. The molecule has 3 atom stereocenters. The third kappa shape index (κ3) is 4.77. The van der Waals surface area contributed by atoms with Crippen LogP contribution in [0.25, 0.3) is 11.1 Å². The lowest BCUT2D eigenvalue weighted by molar-refractivity contribution is -0.131. The highest BCUT2D eigenvalue weighted by molar-refractivity contribution is 7.80. The van der Waals surface area contributed by atoms with Crippen LogP contribution >= 0.6 is 35.8 Å². The van der Waals surface area contributed by atoms with Crippen LogP contribution in [0, 0.1) is 0 Å². The Hall–Kier alpha value is -3.49. The summed E-state index contributed by atoms with van der Waals surface area (Å²) in [4.78, 5) is 28.6. The number of nitrogens with one attached hydrogen (secondary N) is 2. The number of amides is 2. The minimum Gasteiger partial charge on any atom is -0.491 e. The van der Waals surface area contributed by atoms with E-state index in [4.69, 9.17) is 27.9 Å². The molecule has 1 saturated heterocycles. The first kappa shape index (κ1) is 27.7. The van der Waals surface area contributed by atoms with Crippen molar-refractivity contribution < 1.29 is 19.4 Å². The molecule has 0 saturated carbocycles.